The van der Waals surface area contributed by atoms with Crippen molar-refractivity contribution in [1.82, 2.24) is 4.98 Å². The van der Waals surface area contributed by atoms with Crippen molar-refractivity contribution >= 4 is 21.6 Å². The smallest absolute Gasteiger partial charge is 0.199 e. The van der Waals surface area contributed by atoms with Gasteiger partial charge in [0.15, 0.2) is 5.43 Å². The van der Waals surface area contributed by atoms with Gasteiger partial charge in [-0.25, -0.2) is 0 Å². The van der Waals surface area contributed by atoms with Crippen LogP contribution in [-0.2, 0) is 0 Å². The molecule has 0 spiro atoms. The van der Waals surface area contributed by atoms with E-state index in [0.29, 0.717) is 5.92 Å². The Morgan fingerprint density at radius 2 is 2.23 bits per heavy atom. The van der Waals surface area contributed by atoms with Gasteiger partial charge >= 0.3 is 0 Å². The summed E-state index contributed by atoms with van der Waals surface area (Å²) < 4.78 is 0.824. The molecule has 0 amide bonds. The van der Waals surface area contributed by atoms with E-state index in [1.165, 1.54) is 11.3 Å². The number of H-pyrrole nitrogens is 1. The number of aromatic amines is 1. The number of hydrogen-bond donors (Lipinski definition) is 1. The Morgan fingerprint density at radius 1 is 1.46 bits per heavy atom. The van der Waals surface area contributed by atoms with Gasteiger partial charge in [0, 0.05) is 11.8 Å². The van der Waals surface area contributed by atoms with E-state index >= 15 is 0 Å². The van der Waals surface area contributed by atoms with Crippen molar-refractivity contribution in [3.05, 3.63) is 33.4 Å². The molecule has 2 aromatic heterocycles. The quantitative estimate of drug-likeness (QED) is 0.742. The summed E-state index contributed by atoms with van der Waals surface area (Å²) in [6, 6.07) is 3.65. The number of nitrogens with one attached hydrogen (secondary N) is 1. The standard InChI is InChI=1S/C10H11NOS/c1-6(2)8-5-9(12)10-7(11-8)3-4-13-10/h3-6H,1-2H3,(H,11,12). The molecular weight excluding hydrogens is 182 g/mol. The Morgan fingerprint density at radius 3 is 2.92 bits per heavy atom. The largest absolute Gasteiger partial charge is 0.357 e. The van der Waals surface area contributed by atoms with E-state index in [1.807, 2.05) is 11.4 Å². The van der Waals surface area contributed by atoms with Crippen LogP contribution >= 0.6 is 11.3 Å². The lowest BCUT2D eigenvalue weighted by atomic mass is 10.1. The summed E-state index contributed by atoms with van der Waals surface area (Å²) in [4.78, 5) is 14.8. The fourth-order valence-electron chi connectivity index (χ4n) is 1.31. The van der Waals surface area contributed by atoms with Gasteiger partial charge in [-0.3, -0.25) is 4.79 Å². The summed E-state index contributed by atoms with van der Waals surface area (Å²) in [6.45, 7) is 4.15. The van der Waals surface area contributed by atoms with Gasteiger partial charge in [0.1, 0.15) is 0 Å². The summed E-state index contributed by atoms with van der Waals surface area (Å²) in [6.07, 6.45) is 0. The van der Waals surface area contributed by atoms with Crippen molar-refractivity contribution in [2.75, 3.05) is 0 Å². The maximum Gasteiger partial charge on any atom is 0.199 e. The van der Waals surface area contributed by atoms with Crippen molar-refractivity contribution < 1.29 is 0 Å². The zero-order chi connectivity index (χ0) is 9.42. The van der Waals surface area contributed by atoms with Crippen molar-refractivity contribution in [2.24, 2.45) is 0 Å². The van der Waals surface area contributed by atoms with Gasteiger partial charge < -0.3 is 4.98 Å². The van der Waals surface area contributed by atoms with Crippen LogP contribution in [0.5, 0.6) is 0 Å². The molecule has 1 N–H and O–H groups in total. The summed E-state index contributed by atoms with van der Waals surface area (Å²) >= 11 is 1.49. The Balaban J connectivity index is 2.77. The van der Waals surface area contributed by atoms with E-state index in [9.17, 15) is 4.79 Å². The van der Waals surface area contributed by atoms with Crippen LogP contribution in [0.2, 0.25) is 0 Å². The molecule has 0 saturated heterocycles. The molecule has 3 heteroatoms. The maximum atomic E-state index is 11.6. The lowest BCUT2D eigenvalue weighted by Gasteiger charge is -2.04. The Kier molecular flexibility index (Phi) is 1.96. The van der Waals surface area contributed by atoms with Crippen LogP contribution in [-0.4, -0.2) is 4.98 Å². The predicted molar refractivity (Wildman–Crippen MR) is 56.5 cm³/mol. The predicted octanol–water partition coefficient (Wildman–Crippen LogP) is 2.71. The molecular formula is C10H11NOS. The number of aromatic nitrogens is 1. The maximum absolute atomic E-state index is 11.6. The second-order valence-corrected chi connectivity index (χ2v) is 4.32. The topological polar surface area (TPSA) is 32.9 Å². The molecule has 0 aliphatic heterocycles. The van der Waals surface area contributed by atoms with Gasteiger partial charge in [0.05, 0.1) is 10.2 Å². The van der Waals surface area contributed by atoms with Crippen LogP contribution in [0, 0.1) is 0 Å². The first-order valence-corrected chi connectivity index (χ1v) is 5.17. The molecule has 13 heavy (non-hydrogen) atoms. The summed E-state index contributed by atoms with van der Waals surface area (Å²) in [5.74, 6) is 0.372. The van der Waals surface area contributed by atoms with E-state index in [2.05, 4.69) is 18.8 Å². The van der Waals surface area contributed by atoms with Crippen molar-refractivity contribution in [3.63, 3.8) is 0 Å². The van der Waals surface area contributed by atoms with Gasteiger partial charge in [-0.05, 0) is 17.4 Å². The molecule has 2 heterocycles. The van der Waals surface area contributed by atoms with Gasteiger partial charge in [-0.1, -0.05) is 13.8 Å². The first-order chi connectivity index (χ1) is 6.18. The Bertz CT molecular complexity index is 481. The second-order valence-electron chi connectivity index (χ2n) is 3.41. The zero-order valence-electron chi connectivity index (χ0n) is 7.63. The molecule has 2 rings (SSSR count). The number of thiophene rings is 1. The van der Waals surface area contributed by atoms with Crippen molar-refractivity contribution in [3.8, 4) is 0 Å². The molecule has 0 aliphatic carbocycles. The number of pyridine rings is 1. The minimum absolute atomic E-state index is 0.132. The molecule has 0 bridgehead atoms. The molecule has 2 aromatic rings. The van der Waals surface area contributed by atoms with Crippen LogP contribution in [0.15, 0.2) is 22.3 Å². The van der Waals surface area contributed by atoms with E-state index in [-0.39, 0.29) is 5.43 Å². The van der Waals surface area contributed by atoms with Crippen LogP contribution in [0.3, 0.4) is 0 Å². The van der Waals surface area contributed by atoms with Gasteiger partial charge in [-0.15, -0.1) is 11.3 Å². The fraction of sp³-hybridized carbons (Fsp3) is 0.300. The lowest BCUT2D eigenvalue weighted by Crippen LogP contribution is -2.03. The van der Waals surface area contributed by atoms with Gasteiger partial charge in [0.25, 0.3) is 0 Å². The number of fused-ring (bicyclic) bond motifs is 1. The summed E-state index contributed by atoms with van der Waals surface area (Å²) in [5.41, 5.74) is 2.10. The minimum atomic E-state index is 0.132. The molecule has 0 fully saturated rings. The van der Waals surface area contributed by atoms with E-state index in [4.69, 9.17) is 0 Å². The highest BCUT2D eigenvalue weighted by molar-refractivity contribution is 7.17. The lowest BCUT2D eigenvalue weighted by molar-refractivity contribution is 0.829. The minimum Gasteiger partial charge on any atom is -0.357 e. The molecule has 68 valence electrons. The molecule has 0 saturated carbocycles. The second kappa shape index (κ2) is 3.00. The van der Waals surface area contributed by atoms with Crippen LogP contribution in [0.4, 0.5) is 0 Å². The van der Waals surface area contributed by atoms with E-state index in [0.717, 1.165) is 15.9 Å². The third kappa shape index (κ3) is 1.40. The Labute approximate surface area is 80.2 Å². The van der Waals surface area contributed by atoms with E-state index < -0.39 is 0 Å². The average molecular weight is 193 g/mol. The molecule has 0 unspecified atom stereocenters. The summed E-state index contributed by atoms with van der Waals surface area (Å²) in [5, 5.41) is 1.94. The normalized spacial score (nSPS) is 11.3. The first kappa shape index (κ1) is 8.51. The molecule has 0 radical (unpaired) electrons. The zero-order valence-corrected chi connectivity index (χ0v) is 8.44. The average Bonchev–Trinajstić information content (AvgIpc) is 2.51. The third-order valence-corrected chi connectivity index (χ3v) is 3.01. The SMILES string of the molecule is CC(C)c1cc(=O)c2sccc2[nH]1. The van der Waals surface area contributed by atoms with E-state index in [1.54, 1.807) is 6.07 Å². The van der Waals surface area contributed by atoms with Crippen LogP contribution in [0.1, 0.15) is 25.5 Å². The first-order valence-electron chi connectivity index (χ1n) is 4.29. The highest BCUT2D eigenvalue weighted by Crippen LogP contribution is 2.17. The van der Waals surface area contributed by atoms with Crippen LogP contribution < -0.4 is 5.43 Å². The molecule has 0 aliphatic rings. The molecule has 0 atom stereocenters. The summed E-state index contributed by atoms with van der Waals surface area (Å²) in [7, 11) is 0. The number of hydrogen-bond acceptors (Lipinski definition) is 2. The van der Waals surface area contributed by atoms with Crippen LogP contribution in [0.25, 0.3) is 10.2 Å². The van der Waals surface area contributed by atoms with Crippen molar-refractivity contribution in [1.29, 1.82) is 0 Å². The highest BCUT2D eigenvalue weighted by Gasteiger charge is 2.05. The fourth-order valence-corrected chi connectivity index (χ4v) is 2.07. The highest BCUT2D eigenvalue weighted by atomic mass is 32.1. The van der Waals surface area contributed by atoms with Gasteiger partial charge in [-0.2, -0.15) is 0 Å². The third-order valence-electron chi connectivity index (χ3n) is 2.08. The Hall–Kier alpha value is -1.09. The van der Waals surface area contributed by atoms with Crippen molar-refractivity contribution in [2.45, 2.75) is 19.8 Å². The van der Waals surface area contributed by atoms with Gasteiger partial charge in [0.2, 0.25) is 0 Å². The molecule has 0 aromatic carbocycles. The monoisotopic (exact) mass is 193 g/mol. The molecule has 2 nitrogen and oxygen atoms in total. The number of rotatable bonds is 1.